The van der Waals surface area contributed by atoms with Crippen molar-refractivity contribution in [2.45, 2.75) is 12.5 Å². The van der Waals surface area contributed by atoms with Crippen molar-refractivity contribution in [1.29, 1.82) is 0 Å². The summed E-state index contributed by atoms with van der Waals surface area (Å²) in [6, 6.07) is 14.6. The van der Waals surface area contributed by atoms with Gasteiger partial charge in [0, 0.05) is 0 Å². The summed E-state index contributed by atoms with van der Waals surface area (Å²) in [6.45, 7) is 2.24. The number of hydrogen-bond acceptors (Lipinski definition) is 4. The van der Waals surface area contributed by atoms with Crippen molar-refractivity contribution < 1.29 is 9.59 Å². The molecule has 0 saturated carbocycles. The second kappa shape index (κ2) is 8.47. The van der Waals surface area contributed by atoms with Gasteiger partial charge >= 0.3 is 186 Å². The Morgan fingerprint density at radius 3 is 2.59 bits per heavy atom. The van der Waals surface area contributed by atoms with E-state index in [0.29, 0.717) is 22.7 Å². The van der Waals surface area contributed by atoms with Gasteiger partial charge in [-0.2, -0.15) is 0 Å². The third-order valence-corrected chi connectivity index (χ3v) is 8.06. The Hall–Kier alpha value is -1.88. The van der Waals surface area contributed by atoms with E-state index in [0.717, 1.165) is 17.6 Å². The van der Waals surface area contributed by atoms with E-state index in [4.69, 9.17) is 0 Å². The van der Waals surface area contributed by atoms with Crippen LogP contribution in [0.1, 0.15) is 22.3 Å². The van der Waals surface area contributed by atoms with Crippen molar-refractivity contribution >= 4 is 59.1 Å². The zero-order valence-electron chi connectivity index (χ0n) is 16.4. The van der Waals surface area contributed by atoms with E-state index in [1.807, 2.05) is 17.0 Å². The molecule has 2 aromatic rings. The van der Waals surface area contributed by atoms with Crippen LogP contribution in [0, 0.1) is 0 Å². The van der Waals surface area contributed by atoms with Crippen LogP contribution in [0.4, 0.5) is 5.69 Å². The molecule has 0 spiro atoms. The van der Waals surface area contributed by atoms with Crippen LogP contribution in [0.3, 0.4) is 0 Å². The summed E-state index contributed by atoms with van der Waals surface area (Å²) in [4.78, 5) is 31.2. The molecule has 4 rings (SSSR count). The van der Waals surface area contributed by atoms with E-state index in [1.165, 1.54) is 16.5 Å². The van der Waals surface area contributed by atoms with Gasteiger partial charge in [-0.25, -0.2) is 0 Å². The van der Waals surface area contributed by atoms with Crippen LogP contribution in [0.25, 0.3) is 5.57 Å². The summed E-state index contributed by atoms with van der Waals surface area (Å²) in [5.74, 6) is -0.659. The summed E-state index contributed by atoms with van der Waals surface area (Å²) in [5.41, 5.74) is 3.04. The number of nitrogens with zero attached hydrogens (tertiary/aromatic N) is 2. The van der Waals surface area contributed by atoms with E-state index in [9.17, 15) is 9.59 Å². The van der Waals surface area contributed by atoms with E-state index in [2.05, 4.69) is 69.4 Å². The molecule has 1 unspecified atom stereocenters. The molecule has 0 aromatic heterocycles. The number of imide groups is 1. The molecule has 1 atom stereocenters. The first-order valence-corrected chi connectivity index (χ1v) is 12.3. The molecule has 0 aliphatic carbocycles. The summed E-state index contributed by atoms with van der Waals surface area (Å²) in [5, 5.41) is 2.44. The molecule has 149 valence electrons. The third kappa shape index (κ3) is 4.35. The Morgan fingerprint density at radius 2 is 1.90 bits per heavy atom. The van der Waals surface area contributed by atoms with Crippen molar-refractivity contribution in [3.05, 3.63) is 62.9 Å². The van der Waals surface area contributed by atoms with Crippen LogP contribution < -0.4 is 14.6 Å². The van der Waals surface area contributed by atoms with Crippen molar-refractivity contribution in [1.82, 2.24) is 10.2 Å². The van der Waals surface area contributed by atoms with Crippen LogP contribution in [0.15, 0.2) is 51.8 Å². The molecule has 2 aliphatic heterocycles. The molecule has 1 fully saturated rings. The van der Waals surface area contributed by atoms with Gasteiger partial charge in [0.15, 0.2) is 0 Å². The monoisotopic (exact) mass is 514 g/mol. The zero-order chi connectivity index (χ0) is 20.5. The van der Waals surface area contributed by atoms with Crippen LogP contribution in [0.5, 0.6) is 0 Å². The molecule has 1 saturated heterocycles. The number of halogens is 1. The van der Waals surface area contributed by atoms with Gasteiger partial charge in [0.25, 0.3) is 0 Å². The maximum absolute atomic E-state index is 12.4. The Morgan fingerprint density at radius 1 is 1.14 bits per heavy atom. The van der Waals surface area contributed by atoms with Crippen molar-refractivity contribution in [2.24, 2.45) is 0 Å². The number of nitrogens with one attached hydrogen (secondary N) is 1. The van der Waals surface area contributed by atoms with Gasteiger partial charge in [0.1, 0.15) is 0 Å². The van der Waals surface area contributed by atoms with Gasteiger partial charge in [-0.3, -0.25) is 0 Å². The minimum absolute atomic E-state index is 0.322. The van der Waals surface area contributed by atoms with Gasteiger partial charge in [-0.05, 0) is 0 Å². The maximum atomic E-state index is 12.4. The van der Waals surface area contributed by atoms with E-state index in [-0.39, 0.29) is 27.6 Å². The van der Waals surface area contributed by atoms with Gasteiger partial charge in [0.05, 0.1) is 0 Å². The first kappa shape index (κ1) is 20.4. The number of likely N-dealkylation sites (tertiary alicyclic amines) is 1. The Kier molecular flexibility index (Phi) is 5.95. The second-order valence-electron chi connectivity index (χ2n) is 7.48. The Balaban J connectivity index is 1.52. The number of rotatable bonds is 4. The molecule has 29 heavy (non-hydrogen) atoms. The van der Waals surface area contributed by atoms with Gasteiger partial charge in [0.2, 0.25) is 0 Å². The number of fused-ring (bicyclic) bond motifs is 1. The van der Waals surface area contributed by atoms with Crippen molar-refractivity contribution in [2.75, 3.05) is 32.1 Å². The minimum atomic E-state index is -0.337. The number of carbonyl (C=O) groups is 2. The quantitative estimate of drug-likeness (QED) is 0.386. The summed E-state index contributed by atoms with van der Waals surface area (Å²) < 4.78 is 2.07. The molecule has 0 bridgehead atoms. The fraction of sp³-hybridized carbons (Fsp3) is 0.273. The molecule has 2 amide bonds. The zero-order valence-corrected chi connectivity index (χ0v) is 19.8. The summed E-state index contributed by atoms with van der Waals surface area (Å²) >= 11 is 3.10. The van der Waals surface area contributed by atoms with Crippen molar-refractivity contribution in [3.63, 3.8) is 0 Å². The number of likely N-dealkylation sites (N-methyl/N-ethyl adjacent to an activating group) is 2. The van der Waals surface area contributed by atoms with Crippen LogP contribution in [-0.2, 0) is 4.79 Å². The van der Waals surface area contributed by atoms with Gasteiger partial charge < -0.3 is 0 Å². The standard InChI is InChI=1S/C22H22AsBrN3O2/c1-26-10-9-17(13-26)27(2)16-6-3-14(4-7-16)23-12-20-19-11-15(24)5-8-18(19)21(28)25-22(20)29/h3-8,11-12,17H,9-10,13H2,1-2H3,(H,25,28,29)/b20-12-. The van der Waals surface area contributed by atoms with Crippen LogP contribution >= 0.6 is 15.9 Å². The normalized spacial score (nSPS) is 21.1. The summed E-state index contributed by atoms with van der Waals surface area (Å²) in [7, 11) is 4.33. The first-order valence-electron chi connectivity index (χ1n) is 9.50. The van der Waals surface area contributed by atoms with Gasteiger partial charge in [-0.15, -0.1) is 0 Å². The molecule has 1 N–H and O–H groups in total. The number of amides is 2. The van der Waals surface area contributed by atoms with Crippen LogP contribution in [-0.4, -0.2) is 65.7 Å². The number of anilines is 1. The van der Waals surface area contributed by atoms with Crippen LogP contribution in [0.2, 0.25) is 0 Å². The molecule has 2 aliphatic rings. The predicted molar refractivity (Wildman–Crippen MR) is 121 cm³/mol. The van der Waals surface area contributed by atoms with E-state index < -0.39 is 0 Å². The molecule has 2 heterocycles. The van der Waals surface area contributed by atoms with Crippen molar-refractivity contribution in [3.8, 4) is 0 Å². The predicted octanol–water partition coefficient (Wildman–Crippen LogP) is 2.23. The third-order valence-electron chi connectivity index (χ3n) is 5.50. The molecule has 5 nitrogen and oxygen atoms in total. The average molecular weight is 515 g/mol. The summed E-state index contributed by atoms with van der Waals surface area (Å²) in [6.07, 6.45) is 1.19. The molecule has 2 aromatic carbocycles. The fourth-order valence-electron chi connectivity index (χ4n) is 3.78. The van der Waals surface area contributed by atoms with E-state index in [1.54, 1.807) is 6.07 Å². The fourth-order valence-corrected chi connectivity index (χ4v) is 5.93. The molecular formula is C22H22AsBrN3O2. The topological polar surface area (TPSA) is 52.6 Å². The number of hydrogen-bond donors (Lipinski definition) is 1. The average Bonchev–Trinajstić information content (AvgIpc) is 3.14. The van der Waals surface area contributed by atoms with E-state index >= 15 is 0 Å². The number of benzene rings is 2. The SMILES string of the molecule is CN1CCC(N(C)c2ccc([As]/C=C3\C(=O)NC(=O)c4ccc(Br)cc43)cc2)C1. The Labute approximate surface area is 186 Å². The van der Waals surface area contributed by atoms with Gasteiger partial charge in [-0.1, -0.05) is 0 Å². The Bertz CT molecular complexity index is 990. The molecule has 1 radical (unpaired) electrons. The second-order valence-corrected chi connectivity index (χ2v) is 10.6. The molecular weight excluding hydrogens is 493 g/mol. The molecule has 7 heteroatoms. The number of carbonyl (C=O) groups excluding carboxylic acids is 2. The first-order chi connectivity index (χ1) is 13.9.